The molecule has 0 radical (unpaired) electrons. The number of thiophene rings is 1. The number of aliphatic imine (C=N–C) groups is 1. The van der Waals surface area contributed by atoms with Crippen LogP contribution in [0.25, 0.3) is 0 Å². The summed E-state index contributed by atoms with van der Waals surface area (Å²) in [4.78, 5) is 14.4. The third-order valence-corrected chi connectivity index (χ3v) is 1.67. The topological polar surface area (TPSA) is 55.5 Å². The quantitative estimate of drug-likeness (QED) is 0.608. The molecule has 0 unspecified atom stereocenters. The number of rotatable bonds is 1. The number of amides is 2. The predicted molar refractivity (Wildman–Crippen MR) is 41.5 cm³/mol. The van der Waals surface area contributed by atoms with E-state index in [2.05, 4.69) is 4.99 Å². The van der Waals surface area contributed by atoms with Gasteiger partial charge in [0.05, 0.1) is 0 Å². The Morgan fingerprint density at radius 1 is 1.80 bits per heavy atom. The second kappa shape index (κ2) is 3.12. The summed E-state index contributed by atoms with van der Waals surface area (Å²) in [7, 11) is 0. The minimum Gasteiger partial charge on any atom is -0.350 e. The molecule has 0 aliphatic rings. The van der Waals surface area contributed by atoms with Gasteiger partial charge >= 0.3 is 6.03 Å². The number of carbonyl (C=O) groups excluding carboxylic acids is 1. The maximum Gasteiger partial charge on any atom is 0.338 e. The van der Waals surface area contributed by atoms with Crippen molar-refractivity contribution in [2.24, 2.45) is 10.7 Å². The Balaban J connectivity index is 2.64. The molecule has 1 aromatic rings. The molecule has 0 saturated heterocycles. The molecule has 10 heavy (non-hydrogen) atoms. The number of nitrogens with zero attached hydrogens (tertiary/aromatic N) is 1. The van der Waals surface area contributed by atoms with Gasteiger partial charge in [-0.2, -0.15) is 0 Å². The minimum absolute atomic E-state index is 0.659. The molecule has 2 N–H and O–H groups in total. The van der Waals surface area contributed by atoms with Gasteiger partial charge in [0.15, 0.2) is 0 Å². The van der Waals surface area contributed by atoms with Crippen LogP contribution >= 0.6 is 11.3 Å². The fraction of sp³-hybridized carbons (Fsp3) is 0. The third kappa shape index (κ3) is 1.99. The summed E-state index contributed by atoms with van der Waals surface area (Å²) in [6, 6.07) is 3.08. The van der Waals surface area contributed by atoms with Gasteiger partial charge in [0.25, 0.3) is 0 Å². The average molecular weight is 154 g/mol. The van der Waals surface area contributed by atoms with Gasteiger partial charge in [-0.25, -0.2) is 9.79 Å². The standard InChI is InChI=1S/C6H6N2OS/c7-6(9)8-4-5-2-1-3-10-5/h1-4H,(H2,7,9)/b8-4+. The van der Waals surface area contributed by atoms with E-state index in [1.807, 2.05) is 17.5 Å². The molecule has 0 fully saturated rings. The van der Waals surface area contributed by atoms with Gasteiger partial charge in [-0.15, -0.1) is 11.3 Å². The van der Waals surface area contributed by atoms with Crippen molar-refractivity contribution in [2.75, 3.05) is 0 Å². The molecule has 0 saturated carbocycles. The van der Waals surface area contributed by atoms with E-state index in [0.717, 1.165) is 4.88 Å². The number of nitrogens with two attached hydrogens (primary N) is 1. The minimum atomic E-state index is -0.659. The fourth-order valence-corrected chi connectivity index (χ4v) is 1.08. The molecule has 0 aliphatic heterocycles. The number of hydrogen-bond donors (Lipinski definition) is 1. The van der Waals surface area contributed by atoms with Gasteiger partial charge in [-0.3, -0.25) is 0 Å². The highest BCUT2D eigenvalue weighted by Gasteiger charge is 1.87. The van der Waals surface area contributed by atoms with Crippen LogP contribution in [-0.2, 0) is 0 Å². The lowest BCUT2D eigenvalue weighted by atomic mass is 10.5. The van der Waals surface area contributed by atoms with Gasteiger partial charge in [-0.1, -0.05) is 6.07 Å². The van der Waals surface area contributed by atoms with E-state index in [4.69, 9.17) is 5.73 Å². The molecule has 1 aromatic heterocycles. The first-order chi connectivity index (χ1) is 4.79. The lowest BCUT2D eigenvalue weighted by molar-refractivity contribution is 0.257. The van der Waals surface area contributed by atoms with Crippen molar-refractivity contribution in [1.82, 2.24) is 0 Å². The van der Waals surface area contributed by atoms with Gasteiger partial charge in [-0.05, 0) is 11.4 Å². The highest BCUT2D eigenvalue weighted by atomic mass is 32.1. The van der Waals surface area contributed by atoms with Crippen LogP contribution in [0.15, 0.2) is 22.5 Å². The van der Waals surface area contributed by atoms with Crippen LogP contribution in [0.3, 0.4) is 0 Å². The second-order valence-electron chi connectivity index (χ2n) is 1.61. The molecule has 0 aromatic carbocycles. The van der Waals surface area contributed by atoms with Crippen LogP contribution in [0.2, 0.25) is 0 Å². The van der Waals surface area contributed by atoms with E-state index in [1.54, 1.807) is 0 Å². The van der Waals surface area contributed by atoms with E-state index >= 15 is 0 Å². The molecule has 2 amide bonds. The van der Waals surface area contributed by atoms with E-state index in [9.17, 15) is 4.79 Å². The summed E-state index contributed by atoms with van der Waals surface area (Å²) in [5.41, 5.74) is 4.78. The Bertz CT molecular complexity index is 240. The van der Waals surface area contributed by atoms with Crippen LogP contribution in [0.5, 0.6) is 0 Å². The molecule has 4 heteroatoms. The van der Waals surface area contributed by atoms with E-state index in [-0.39, 0.29) is 0 Å². The van der Waals surface area contributed by atoms with Crippen molar-refractivity contribution in [1.29, 1.82) is 0 Å². The van der Waals surface area contributed by atoms with Crippen LogP contribution in [0.4, 0.5) is 4.79 Å². The van der Waals surface area contributed by atoms with Gasteiger partial charge in [0.1, 0.15) is 0 Å². The van der Waals surface area contributed by atoms with Crippen LogP contribution in [0.1, 0.15) is 4.88 Å². The summed E-state index contributed by atoms with van der Waals surface area (Å²) < 4.78 is 0. The van der Waals surface area contributed by atoms with Crippen molar-refractivity contribution in [3.05, 3.63) is 22.4 Å². The molecule has 0 spiro atoms. The molecular weight excluding hydrogens is 148 g/mol. The molecule has 52 valence electrons. The SMILES string of the molecule is NC(=O)/N=C/c1cccs1. The average Bonchev–Trinajstić information content (AvgIpc) is 2.34. The number of urea groups is 1. The Morgan fingerprint density at radius 3 is 3.10 bits per heavy atom. The summed E-state index contributed by atoms with van der Waals surface area (Å²) >= 11 is 1.51. The Morgan fingerprint density at radius 2 is 2.60 bits per heavy atom. The van der Waals surface area contributed by atoms with Crippen molar-refractivity contribution < 1.29 is 4.79 Å². The predicted octanol–water partition coefficient (Wildman–Crippen LogP) is 1.25. The van der Waals surface area contributed by atoms with E-state index in [0.29, 0.717) is 0 Å². The maximum absolute atomic E-state index is 10.1. The smallest absolute Gasteiger partial charge is 0.338 e. The molecule has 3 nitrogen and oxygen atoms in total. The maximum atomic E-state index is 10.1. The summed E-state index contributed by atoms with van der Waals surface area (Å²) in [5.74, 6) is 0. The molecule has 0 atom stereocenters. The molecule has 1 rings (SSSR count). The molecular formula is C6H6N2OS. The van der Waals surface area contributed by atoms with Crippen LogP contribution in [-0.4, -0.2) is 12.2 Å². The summed E-state index contributed by atoms with van der Waals surface area (Å²) in [6.45, 7) is 0. The highest BCUT2D eigenvalue weighted by Crippen LogP contribution is 2.04. The van der Waals surface area contributed by atoms with Crippen molar-refractivity contribution in [3.63, 3.8) is 0 Å². The Kier molecular flexibility index (Phi) is 2.17. The third-order valence-electron chi connectivity index (χ3n) is 0.862. The van der Waals surface area contributed by atoms with E-state index in [1.165, 1.54) is 17.6 Å². The van der Waals surface area contributed by atoms with Crippen molar-refractivity contribution in [2.45, 2.75) is 0 Å². The lowest BCUT2D eigenvalue weighted by Crippen LogP contribution is -2.03. The van der Waals surface area contributed by atoms with Gasteiger partial charge < -0.3 is 5.73 Å². The number of hydrogen-bond acceptors (Lipinski definition) is 2. The number of carbonyl (C=O) groups is 1. The lowest BCUT2D eigenvalue weighted by Gasteiger charge is -1.79. The zero-order valence-corrected chi connectivity index (χ0v) is 5.97. The molecule has 0 bridgehead atoms. The largest absolute Gasteiger partial charge is 0.350 e. The van der Waals surface area contributed by atoms with Crippen molar-refractivity contribution >= 4 is 23.6 Å². The monoisotopic (exact) mass is 154 g/mol. The Labute approximate surface area is 62.2 Å². The first-order valence-electron chi connectivity index (χ1n) is 2.66. The second-order valence-corrected chi connectivity index (χ2v) is 2.59. The molecule has 1 heterocycles. The zero-order valence-electron chi connectivity index (χ0n) is 5.15. The van der Waals surface area contributed by atoms with Gasteiger partial charge in [0.2, 0.25) is 0 Å². The molecule has 0 aliphatic carbocycles. The first kappa shape index (κ1) is 6.95. The van der Waals surface area contributed by atoms with Crippen LogP contribution < -0.4 is 5.73 Å². The first-order valence-corrected chi connectivity index (χ1v) is 3.54. The van der Waals surface area contributed by atoms with Crippen molar-refractivity contribution in [3.8, 4) is 0 Å². The van der Waals surface area contributed by atoms with Gasteiger partial charge in [0, 0.05) is 11.1 Å². The normalized spacial score (nSPS) is 10.4. The highest BCUT2D eigenvalue weighted by molar-refractivity contribution is 7.11. The zero-order chi connectivity index (χ0) is 7.40. The summed E-state index contributed by atoms with van der Waals surface area (Å²) in [6.07, 6.45) is 1.45. The summed E-state index contributed by atoms with van der Waals surface area (Å²) in [5, 5.41) is 1.91. The Hall–Kier alpha value is -1.16. The van der Waals surface area contributed by atoms with E-state index < -0.39 is 6.03 Å². The fourth-order valence-electron chi connectivity index (χ4n) is 0.492. The van der Waals surface area contributed by atoms with Crippen LogP contribution in [0, 0.1) is 0 Å². The number of primary amides is 1.